The van der Waals surface area contributed by atoms with Gasteiger partial charge in [0.2, 0.25) is 0 Å². The molecule has 0 heterocycles. The minimum Gasteiger partial charge on any atom is -0.457 e. The average molecular weight is 258 g/mol. The van der Waals surface area contributed by atoms with Gasteiger partial charge in [-0.2, -0.15) is 0 Å². The Balaban J connectivity index is 2.23. The maximum absolute atomic E-state index is 13.4. The summed E-state index contributed by atoms with van der Waals surface area (Å²) in [6.45, 7) is 3.50. The zero-order valence-electron chi connectivity index (χ0n) is 10.9. The van der Waals surface area contributed by atoms with E-state index in [1.807, 2.05) is 6.92 Å². The zero-order valence-corrected chi connectivity index (χ0v) is 10.9. The number of carbonyl (C=O) groups excluding carboxylic acids is 1. The molecular formula is C16H15FO2. The fourth-order valence-electron chi connectivity index (χ4n) is 1.71. The minimum absolute atomic E-state index is 0.0561. The zero-order chi connectivity index (χ0) is 13.8. The quantitative estimate of drug-likeness (QED) is 0.754. The van der Waals surface area contributed by atoms with E-state index in [1.54, 1.807) is 43.3 Å². The summed E-state index contributed by atoms with van der Waals surface area (Å²) < 4.78 is 19.0. The molecular weight excluding hydrogens is 243 g/mol. The van der Waals surface area contributed by atoms with E-state index in [2.05, 4.69) is 0 Å². The Bertz CT molecular complexity index is 605. The Hall–Kier alpha value is -2.16. The molecule has 0 spiro atoms. The molecule has 0 saturated heterocycles. The molecule has 0 fully saturated rings. The van der Waals surface area contributed by atoms with Crippen molar-refractivity contribution in [3.05, 3.63) is 59.4 Å². The van der Waals surface area contributed by atoms with Gasteiger partial charge in [-0.1, -0.05) is 25.1 Å². The van der Waals surface area contributed by atoms with Crippen molar-refractivity contribution in [3.63, 3.8) is 0 Å². The van der Waals surface area contributed by atoms with Gasteiger partial charge in [0.1, 0.15) is 17.3 Å². The Morgan fingerprint density at radius 2 is 1.89 bits per heavy atom. The molecule has 2 nitrogen and oxygen atoms in total. The van der Waals surface area contributed by atoms with Crippen molar-refractivity contribution in [1.29, 1.82) is 0 Å². The number of rotatable bonds is 4. The predicted octanol–water partition coefficient (Wildman–Crippen LogP) is 4.52. The smallest absolute Gasteiger partial charge is 0.162 e. The monoisotopic (exact) mass is 258 g/mol. The van der Waals surface area contributed by atoms with Crippen LogP contribution in [0.15, 0.2) is 42.5 Å². The van der Waals surface area contributed by atoms with Gasteiger partial charge in [0, 0.05) is 18.1 Å². The lowest BCUT2D eigenvalue weighted by Crippen LogP contribution is -1.96. The highest BCUT2D eigenvalue weighted by Gasteiger charge is 2.06. The molecule has 0 atom stereocenters. The number of ether oxygens (including phenoxy) is 1. The Kier molecular flexibility index (Phi) is 3.95. The highest BCUT2D eigenvalue weighted by atomic mass is 19.1. The van der Waals surface area contributed by atoms with Crippen molar-refractivity contribution < 1.29 is 13.9 Å². The molecule has 2 aromatic rings. The summed E-state index contributed by atoms with van der Waals surface area (Å²) >= 11 is 0. The molecule has 0 aliphatic carbocycles. The molecule has 98 valence electrons. The molecule has 0 saturated carbocycles. The van der Waals surface area contributed by atoms with Gasteiger partial charge in [0.05, 0.1) is 0 Å². The van der Waals surface area contributed by atoms with Crippen LogP contribution in [0, 0.1) is 12.7 Å². The highest BCUT2D eigenvalue weighted by molar-refractivity contribution is 5.96. The fourth-order valence-corrected chi connectivity index (χ4v) is 1.71. The molecule has 2 aromatic carbocycles. The van der Waals surface area contributed by atoms with Crippen LogP contribution in [0.2, 0.25) is 0 Å². The summed E-state index contributed by atoms with van der Waals surface area (Å²) in [5.41, 5.74) is 1.18. The minimum atomic E-state index is -0.307. The van der Waals surface area contributed by atoms with E-state index in [0.717, 1.165) is 0 Å². The third-order valence-corrected chi connectivity index (χ3v) is 2.86. The van der Waals surface area contributed by atoms with E-state index in [0.29, 0.717) is 29.0 Å². The average Bonchev–Trinajstić information content (AvgIpc) is 2.42. The summed E-state index contributed by atoms with van der Waals surface area (Å²) in [5, 5.41) is 0. The normalized spacial score (nSPS) is 10.3. The topological polar surface area (TPSA) is 26.3 Å². The number of benzene rings is 2. The van der Waals surface area contributed by atoms with E-state index in [1.165, 1.54) is 6.07 Å². The van der Waals surface area contributed by atoms with Crippen LogP contribution in [0.5, 0.6) is 11.5 Å². The largest absolute Gasteiger partial charge is 0.457 e. The van der Waals surface area contributed by atoms with Gasteiger partial charge in [0.25, 0.3) is 0 Å². The van der Waals surface area contributed by atoms with Crippen molar-refractivity contribution >= 4 is 5.78 Å². The van der Waals surface area contributed by atoms with Crippen LogP contribution in [0.1, 0.15) is 29.3 Å². The third-order valence-electron chi connectivity index (χ3n) is 2.86. The molecule has 0 aliphatic heterocycles. The van der Waals surface area contributed by atoms with E-state index in [-0.39, 0.29) is 11.6 Å². The molecule has 0 aliphatic rings. The molecule has 0 aromatic heterocycles. The summed E-state index contributed by atoms with van der Waals surface area (Å²) in [7, 11) is 0. The molecule has 0 bridgehead atoms. The van der Waals surface area contributed by atoms with Gasteiger partial charge in [-0.3, -0.25) is 4.79 Å². The van der Waals surface area contributed by atoms with Gasteiger partial charge in [-0.25, -0.2) is 4.39 Å². The lowest BCUT2D eigenvalue weighted by molar-refractivity contribution is 0.0988. The number of ketones is 1. The maximum Gasteiger partial charge on any atom is 0.162 e. The molecule has 0 amide bonds. The van der Waals surface area contributed by atoms with Gasteiger partial charge in [-0.15, -0.1) is 0 Å². The lowest BCUT2D eigenvalue weighted by Gasteiger charge is -2.08. The van der Waals surface area contributed by atoms with E-state index in [9.17, 15) is 9.18 Å². The van der Waals surface area contributed by atoms with Crippen molar-refractivity contribution in [3.8, 4) is 11.5 Å². The number of Topliss-reactive ketones (excluding diaryl/α,β-unsaturated/α-hetero) is 1. The number of hydrogen-bond donors (Lipinski definition) is 0. The molecule has 0 N–H and O–H groups in total. The Morgan fingerprint density at radius 1 is 1.16 bits per heavy atom. The standard InChI is InChI=1S/C16H15FO2/c1-3-16(18)12-5-4-6-13(9-12)19-14-8-7-11(2)15(17)10-14/h4-10H,3H2,1-2H3. The molecule has 19 heavy (non-hydrogen) atoms. The van der Waals surface area contributed by atoms with Crippen LogP contribution < -0.4 is 4.74 Å². The van der Waals surface area contributed by atoms with Crippen LogP contribution in [0.3, 0.4) is 0 Å². The highest BCUT2D eigenvalue weighted by Crippen LogP contribution is 2.24. The maximum atomic E-state index is 13.4. The van der Waals surface area contributed by atoms with Crippen molar-refractivity contribution in [2.45, 2.75) is 20.3 Å². The van der Waals surface area contributed by atoms with E-state index in [4.69, 9.17) is 4.74 Å². The number of halogens is 1. The fraction of sp³-hybridized carbons (Fsp3) is 0.188. The second kappa shape index (κ2) is 5.65. The van der Waals surface area contributed by atoms with Crippen LogP contribution in [0.4, 0.5) is 4.39 Å². The lowest BCUT2D eigenvalue weighted by atomic mass is 10.1. The number of carbonyl (C=O) groups is 1. The van der Waals surface area contributed by atoms with Gasteiger partial charge in [0.15, 0.2) is 5.78 Å². The van der Waals surface area contributed by atoms with Crippen LogP contribution in [-0.2, 0) is 0 Å². The summed E-state index contributed by atoms with van der Waals surface area (Å²) in [5.74, 6) is 0.700. The summed E-state index contributed by atoms with van der Waals surface area (Å²) in [6.07, 6.45) is 0.447. The first-order valence-corrected chi connectivity index (χ1v) is 6.17. The Labute approximate surface area is 111 Å². The molecule has 0 unspecified atom stereocenters. The number of aryl methyl sites for hydroxylation is 1. The van der Waals surface area contributed by atoms with Gasteiger partial charge < -0.3 is 4.74 Å². The Morgan fingerprint density at radius 3 is 2.58 bits per heavy atom. The number of hydrogen-bond acceptors (Lipinski definition) is 2. The molecule has 2 rings (SSSR count). The van der Waals surface area contributed by atoms with E-state index < -0.39 is 0 Å². The summed E-state index contributed by atoms with van der Waals surface area (Å²) in [4.78, 5) is 11.6. The van der Waals surface area contributed by atoms with Crippen LogP contribution in [-0.4, -0.2) is 5.78 Å². The summed E-state index contributed by atoms with van der Waals surface area (Å²) in [6, 6.07) is 11.6. The first-order chi connectivity index (χ1) is 9.10. The second-order valence-corrected chi connectivity index (χ2v) is 4.32. The second-order valence-electron chi connectivity index (χ2n) is 4.32. The first kappa shape index (κ1) is 13.3. The van der Waals surface area contributed by atoms with Crippen molar-refractivity contribution in [2.24, 2.45) is 0 Å². The van der Waals surface area contributed by atoms with E-state index >= 15 is 0 Å². The molecule has 0 radical (unpaired) electrons. The predicted molar refractivity (Wildman–Crippen MR) is 72.3 cm³/mol. The van der Waals surface area contributed by atoms with Crippen LogP contribution in [0.25, 0.3) is 0 Å². The third kappa shape index (κ3) is 3.19. The van der Waals surface area contributed by atoms with Crippen LogP contribution >= 0.6 is 0 Å². The van der Waals surface area contributed by atoms with Gasteiger partial charge >= 0.3 is 0 Å². The first-order valence-electron chi connectivity index (χ1n) is 6.17. The van der Waals surface area contributed by atoms with Crippen molar-refractivity contribution in [2.75, 3.05) is 0 Å². The SMILES string of the molecule is CCC(=O)c1cccc(Oc2ccc(C)c(F)c2)c1. The van der Waals surface area contributed by atoms with Gasteiger partial charge in [-0.05, 0) is 30.7 Å². The van der Waals surface area contributed by atoms with Crippen molar-refractivity contribution in [1.82, 2.24) is 0 Å². The molecule has 3 heteroatoms.